The van der Waals surface area contributed by atoms with E-state index < -0.39 is 10.0 Å². The molecule has 1 N–H and O–H groups in total. The van der Waals surface area contributed by atoms with Gasteiger partial charge in [0.1, 0.15) is 0 Å². The van der Waals surface area contributed by atoms with Crippen molar-refractivity contribution in [1.82, 2.24) is 4.72 Å². The number of rotatable bonds is 7. The van der Waals surface area contributed by atoms with E-state index >= 15 is 0 Å². The molecule has 0 fully saturated rings. The minimum atomic E-state index is -3.49. The van der Waals surface area contributed by atoms with Crippen LogP contribution in [0.2, 0.25) is 0 Å². The Kier molecular flexibility index (Phi) is 5.65. The molecule has 2 aromatic rings. The van der Waals surface area contributed by atoms with E-state index in [-0.39, 0.29) is 10.7 Å². The van der Waals surface area contributed by atoms with Crippen LogP contribution in [0.4, 0.5) is 0 Å². The monoisotopic (exact) mass is 335 g/mol. The molecule has 0 aliphatic heterocycles. The van der Waals surface area contributed by atoms with Crippen LogP contribution in [-0.4, -0.2) is 20.7 Å². The van der Waals surface area contributed by atoms with Crippen LogP contribution in [-0.2, 0) is 10.0 Å². The average molecular weight is 335 g/mol. The minimum Gasteiger partial charge on any atom is -0.289 e. The van der Waals surface area contributed by atoms with E-state index in [0.717, 1.165) is 12.0 Å². The predicted octanol–water partition coefficient (Wildman–Crippen LogP) is 3.33. The Morgan fingerprint density at radius 3 is 2.55 bits per heavy atom. The van der Waals surface area contributed by atoms with E-state index in [0.29, 0.717) is 12.1 Å². The van der Waals surface area contributed by atoms with Crippen molar-refractivity contribution in [3.05, 3.63) is 58.3 Å². The van der Waals surface area contributed by atoms with E-state index in [1.54, 1.807) is 17.4 Å². The fourth-order valence-electron chi connectivity index (χ4n) is 1.76. The molecule has 1 aromatic carbocycles. The number of sulfonamides is 1. The quantitative estimate of drug-likeness (QED) is 0.623. The van der Waals surface area contributed by atoms with Gasteiger partial charge in [-0.2, -0.15) is 11.3 Å². The van der Waals surface area contributed by atoms with Crippen molar-refractivity contribution in [3.8, 4) is 0 Å². The molecular weight excluding hydrogens is 318 g/mol. The molecule has 1 aromatic heterocycles. The number of allylic oxidation sites excluding steroid dienone is 1. The van der Waals surface area contributed by atoms with Crippen LogP contribution in [0.15, 0.2) is 52.1 Å². The first kappa shape index (κ1) is 16.6. The molecule has 0 aliphatic carbocycles. The molecule has 0 bridgehead atoms. The third kappa shape index (κ3) is 4.37. The molecule has 0 saturated heterocycles. The van der Waals surface area contributed by atoms with Gasteiger partial charge in [0.2, 0.25) is 10.0 Å². The molecule has 0 unspecified atom stereocenters. The number of carbonyl (C=O) groups excluding carboxylic acids is 1. The van der Waals surface area contributed by atoms with Crippen molar-refractivity contribution in [2.75, 3.05) is 6.54 Å². The lowest BCUT2D eigenvalue weighted by Gasteiger charge is -2.05. The molecule has 0 amide bonds. The van der Waals surface area contributed by atoms with Gasteiger partial charge in [-0.1, -0.05) is 13.0 Å². The first-order chi connectivity index (χ1) is 10.5. The highest BCUT2D eigenvalue weighted by molar-refractivity contribution is 7.89. The summed E-state index contributed by atoms with van der Waals surface area (Å²) in [5.74, 6) is -0.156. The highest BCUT2D eigenvalue weighted by atomic mass is 32.2. The summed E-state index contributed by atoms with van der Waals surface area (Å²) in [5, 5.41) is 3.88. The Bertz CT molecular complexity index is 745. The highest BCUT2D eigenvalue weighted by Gasteiger charge is 2.13. The largest absolute Gasteiger partial charge is 0.289 e. The lowest BCUT2D eigenvalue weighted by molar-refractivity contribution is 0.104. The zero-order valence-corrected chi connectivity index (χ0v) is 13.8. The van der Waals surface area contributed by atoms with Crippen molar-refractivity contribution in [2.24, 2.45) is 0 Å². The summed E-state index contributed by atoms with van der Waals surface area (Å²) in [4.78, 5) is 12.2. The van der Waals surface area contributed by atoms with E-state index in [1.807, 2.05) is 23.8 Å². The van der Waals surface area contributed by atoms with Gasteiger partial charge in [-0.3, -0.25) is 4.79 Å². The third-order valence-electron chi connectivity index (χ3n) is 2.96. The van der Waals surface area contributed by atoms with Crippen molar-refractivity contribution >= 4 is 33.2 Å². The molecule has 1 heterocycles. The Labute approximate surface area is 134 Å². The van der Waals surface area contributed by atoms with Gasteiger partial charge in [-0.15, -0.1) is 0 Å². The predicted molar refractivity (Wildman–Crippen MR) is 89.6 cm³/mol. The van der Waals surface area contributed by atoms with Gasteiger partial charge >= 0.3 is 0 Å². The number of nitrogens with one attached hydrogen (secondary N) is 1. The van der Waals surface area contributed by atoms with Crippen LogP contribution in [0.1, 0.15) is 29.3 Å². The maximum absolute atomic E-state index is 12.0. The summed E-state index contributed by atoms with van der Waals surface area (Å²) in [5.41, 5.74) is 1.43. The summed E-state index contributed by atoms with van der Waals surface area (Å²) < 4.78 is 26.4. The minimum absolute atomic E-state index is 0.156. The maximum atomic E-state index is 12.0. The fraction of sp³-hybridized carbons (Fsp3) is 0.188. The highest BCUT2D eigenvalue weighted by Crippen LogP contribution is 2.13. The van der Waals surface area contributed by atoms with Gasteiger partial charge in [0.15, 0.2) is 5.78 Å². The van der Waals surface area contributed by atoms with Gasteiger partial charge in [-0.05, 0) is 59.2 Å². The zero-order valence-electron chi connectivity index (χ0n) is 12.2. The molecule has 2 rings (SSSR count). The van der Waals surface area contributed by atoms with Gasteiger partial charge in [0.05, 0.1) is 4.90 Å². The van der Waals surface area contributed by atoms with E-state index in [4.69, 9.17) is 0 Å². The molecule has 22 heavy (non-hydrogen) atoms. The molecular formula is C16H17NO3S2. The summed E-state index contributed by atoms with van der Waals surface area (Å²) in [6, 6.07) is 7.87. The van der Waals surface area contributed by atoms with Gasteiger partial charge < -0.3 is 0 Å². The topological polar surface area (TPSA) is 63.2 Å². The average Bonchev–Trinajstić information content (AvgIpc) is 3.04. The zero-order chi connectivity index (χ0) is 16.0. The van der Waals surface area contributed by atoms with E-state index in [1.165, 1.54) is 30.3 Å². The van der Waals surface area contributed by atoms with Crippen LogP contribution in [0.3, 0.4) is 0 Å². The standard InChI is InChI=1S/C16H17NO3S2/c1-2-10-17-22(19,20)15-6-4-14(5-7-15)16(18)8-3-13-9-11-21-12-13/h3-9,11-12,17H,2,10H2,1H3/b8-3+. The summed E-state index contributed by atoms with van der Waals surface area (Å²) >= 11 is 1.56. The Hall–Kier alpha value is -1.76. The molecule has 0 radical (unpaired) electrons. The number of hydrogen-bond acceptors (Lipinski definition) is 4. The van der Waals surface area contributed by atoms with Crippen LogP contribution < -0.4 is 4.72 Å². The molecule has 0 spiro atoms. The molecule has 4 nitrogen and oxygen atoms in total. The lowest BCUT2D eigenvalue weighted by atomic mass is 10.1. The maximum Gasteiger partial charge on any atom is 0.240 e. The number of hydrogen-bond donors (Lipinski definition) is 1. The van der Waals surface area contributed by atoms with Crippen LogP contribution in [0, 0.1) is 0 Å². The summed E-state index contributed by atoms with van der Waals surface area (Å²) in [7, 11) is -3.49. The van der Waals surface area contributed by atoms with Crippen LogP contribution >= 0.6 is 11.3 Å². The first-order valence-corrected chi connectivity index (χ1v) is 9.30. The van der Waals surface area contributed by atoms with Gasteiger partial charge in [-0.25, -0.2) is 13.1 Å². The second-order valence-corrected chi connectivity index (χ2v) is 7.22. The van der Waals surface area contributed by atoms with E-state index in [9.17, 15) is 13.2 Å². The molecule has 6 heteroatoms. The number of benzene rings is 1. The second-order valence-electron chi connectivity index (χ2n) is 4.68. The van der Waals surface area contributed by atoms with Gasteiger partial charge in [0, 0.05) is 12.1 Å². The second kappa shape index (κ2) is 7.49. The molecule has 116 valence electrons. The number of ketones is 1. The number of carbonyl (C=O) groups is 1. The van der Waals surface area contributed by atoms with Crippen molar-refractivity contribution in [1.29, 1.82) is 0 Å². The SMILES string of the molecule is CCCNS(=O)(=O)c1ccc(C(=O)/C=C/c2ccsc2)cc1. The Balaban J connectivity index is 2.10. The summed E-state index contributed by atoms with van der Waals surface area (Å²) in [6.45, 7) is 2.29. The van der Waals surface area contributed by atoms with Crippen LogP contribution in [0.5, 0.6) is 0 Å². The smallest absolute Gasteiger partial charge is 0.240 e. The van der Waals surface area contributed by atoms with Crippen LogP contribution in [0.25, 0.3) is 6.08 Å². The van der Waals surface area contributed by atoms with E-state index in [2.05, 4.69) is 4.72 Å². The summed E-state index contributed by atoms with van der Waals surface area (Å²) in [6.07, 6.45) is 3.95. The van der Waals surface area contributed by atoms with Crippen molar-refractivity contribution in [3.63, 3.8) is 0 Å². The molecule has 0 saturated carbocycles. The number of thiophene rings is 1. The fourth-order valence-corrected chi connectivity index (χ4v) is 3.52. The normalized spacial score (nSPS) is 11.9. The molecule has 0 atom stereocenters. The molecule has 0 aliphatic rings. The Morgan fingerprint density at radius 2 is 1.95 bits per heavy atom. The Morgan fingerprint density at radius 1 is 1.23 bits per heavy atom. The van der Waals surface area contributed by atoms with Crippen molar-refractivity contribution < 1.29 is 13.2 Å². The van der Waals surface area contributed by atoms with Crippen molar-refractivity contribution in [2.45, 2.75) is 18.2 Å². The third-order valence-corrected chi connectivity index (χ3v) is 5.14. The first-order valence-electron chi connectivity index (χ1n) is 6.87. The lowest BCUT2D eigenvalue weighted by Crippen LogP contribution is -2.24. The van der Waals surface area contributed by atoms with Gasteiger partial charge in [0.25, 0.3) is 0 Å².